The third kappa shape index (κ3) is 3.42. The van der Waals surface area contributed by atoms with E-state index >= 15 is 0 Å². The van der Waals surface area contributed by atoms with E-state index in [-0.39, 0.29) is 23.3 Å². The number of hydrogen-bond donors (Lipinski definition) is 2. The van der Waals surface area contributed by atoms with E-state index in [0.717, 1.165) is 6.20 Å². The van der Waals surface area contributed by atoms with Gasteiger partial charge in [-0.3, -0.25) is 14.9 Å². The van der Waals surface area contributed by atoms with Crippen molar-refractivity contribution in [2.24, 2.45) is 5.73 Å². The van der Waals surface area contributed by atoms with Crippen molar-refractivity contribution >= 4 is 29.0 Å². The van der Waals surface area contributed by atoms with Crippen LogP contribution in [0.4, 0.5) is 11.5 Å². The lowest BCUT2D eigenvalue weighted by atomic mass is 10.1. The molecule has 1 aromatic heterocycles. The van der Waals surface area contributed by atoms with E-state index in [1.54, 1.807) is 24.3 Å². The van der Waals surface area contributed by atoms with Crippen LogP contribution in [0.25, 0.3) is 0 Å². The molecule has 8 nitrogen and oxygen atoms in total. The summed E-state index contributed by atoms with van der Waals surface area (Å²) < 4.78 is 0. The van der Waals surface area contributed by atoms with E-state index in [9.17, 15) is 14.9 Å². The van der Waals surface area contributed by atoms with Crippen LogP contribution < -0.4 is 11.1 Å². The lowest BCUT2D eigenvalue weighted by Gasteiger charge is -2.09. The van der Waals surface area contributed by atoms with Gasteiger partial charge < -0.3 is 11.1 Å². The maximum atomic E-state index is 11.3. The number of aromatic nitrogens is 2. The van der Waals surface area contributed by atoms with Gasteiger partial charge in [0.25, 0.3) is 0 Å². The third-order valence-corrected chi connectivity index (χ3v) is 2.85. The molecule has 1 heterocycles. The Morgan fingerprint density at radius 1 is 1.43 bits per heavy atom. The Morgan fingerprint density at radius 2 is 2.14 bits per heavy atom. The number of benzene rings is 1. The molecule has 21 heavy (non-hydrogen) atoms. The maximum Gasteiger partial charge on any atom is 0.329 e. The van der Waals surface area contributed by atoms with E-state index in [4.69, 9.17) is 17.3 Å². The van der Waals surface area contributed by atoms with Gasteiger partial charge in [0.05, 0.1) is 4.92 Å². The molecule has 1 amide bonds. The quantitative estimate of drug-likeness (QED) is 0.492. The summed E-state index contributed by atoms with van der Waals surface area (Å²) in [6, 6.07) is 6.65. The first-order chi connectivity index (χ1) is 9.99. The van der Waals surface area contributed by atoms with Crippen molar-refractivity contribution in [3.8, 4) is 0 Å². The largest absolute Gasteiger partial charge is 0.366 e. The molecule has 2 rings (SSSR count). The molecule has 0 saturated carbocycles. The highest BCUT2D eigenvalue weighted by Gasteiger charge is 2.17. The molecule has 1 aromatic carbocycles. The fraction of sp³-hybridized carbons (Fsp3) is 0.0833. The zero-order valence-electron chi connectivity index (χ0n) is 10.6. The number of nitrogens with two attached hydrogens (primary N) is 1. The second kappa shape index (κ2) is 6.14. The summed E-state index contributed by atoms with van der Waals surface area (Å²) in [7, 11) is 0. The van der Waals surface area contributed by atoms with Gasteiger partial charge in [-0.15, -0.1) is 0 Å². The van der Waals surface area contributed by atoms with Crippen LogP contribution in [0.2, 0.25) is 5.28 Å². The lowest BCUT2D eigenvalue weighted by Crippen LogP contribution is -2.15. The molecule has 0 aliphatic carbocycles. The first-order valence-electron chi connectivity index (χ1n) is 5.77. The average molecular weight is 308 g/mol. The highest BCUT2D eigenvalue weighted by Crippen LogP contribution is 2.23. The Morgan fingerprint density at radius 3 is 2.81 bits per heavy atom. The topological polar surface area (TPSA) is 124 Å². The van der Waals surface area contributed by atoms with Gasteiger partial charge in [0, 0.05) is 12.1 Å². The zero-order chi connectivity index (χ0) is 15.4. The number of hydrogen-bond acceptors (Lipinski definition) is 6. The molecule has 0 spiro atoms. The Balaban J connectivity index is 2.27. The summed E-state index contributed by atoms with van der Waals surface area (Å²) in [4.78, 5) is 28.9. The molecule has 0 fully saturated rings. The van der Waals surface area contributed by atoms with Gasteiger partial charge in [-0.05, 0) is 23.2 Å². The van der Waals surface area contributed by atoms with Crippen molar-refractivity contribution in [1.29, 1.82) is 0 Å². The van der Waals surface area contributed by atoms with Gasteiger partial charge >= 0.3 is 5.69 Å². The molecule has 0 aliphatic heterocycles. The van der Waals surface area contributed by atoms with E-state index in [2.05, 4.69) is 15.3 Å². The summed E-state index contributed by atoms with van der Waals surface area (Å²) in [5, 5.41) is 13.5. The minimum absolute atomic E-state index is 0.0285. The SMILES string of the molecule is NC(=O)c1ccccc1CNc1nc(Cl)ncc1[N+](=O)[O-]. The molecule has 2 aromatic rings. The van der Waals surface area contributed by atoms with Crippen molar-refractivity contribution in [3.05, 3.63) is 57.0 Å². The summed E-state index contributed by atoms with van der Waals surface area (Å²) in [6.07, 6.45) is 1.01. The number of halogens is 1. The molecule has 0 saturated heterocycles. The van der Waals surface area contributed by atoms with Crippen molar-refractivity contribution in [2.75, 3.05) is 5.32 Å². The van der Waals surface area contributed by atoms with Crippen LogP contribution in [0, 0.1) is 10.1 Å². The number of rotatable bonds is 5. The Kier molecular flexibility index (Phi) is 4.29. The number of nitro groups is 1. The highest BCUT2D eigenvalue weighted by molar-refractivity contribution is 6.28. The molecule has 0 bridgehead atoms. The van der Waals surface area contributed by atoms with Crippen molar-refractivity contribution in [1.82, 2.24) is 9.97 Å². The first kappa shape index (κ1) is 14.7. The van der Waals surface area contributed by atoms with Gasteiger partial charge in [-0.1, -0.05) is 18.2 Å². The van der Waals surface area contributed by atoms with Crippen LogP contribution in [0.15, 0.2) is 30.5 Å². The zero-order valence-corrected chi connectivity index (χ0v) is 11.4. The average Bonchev–Trinajstić information content (AvgIpc) is 2.45. The Bertz CT molecular complexity index is 707. The standard InChI is InChI=1S/C12H10ClN5O3/c13-12-16-6-9(18(20)21)11(17-12)15-5-7-3-1-2-4-8(7)10(14)19/h1-4,6H,5H2,(H2,14,19)(H,15,16,17). The normalized spacial score (nSPS) is 10.1. The molecule has 3 N–H and O–H groups in total. The van der Waals surface area contributed by atoms with Crippen LogP contribution in [0.1, 0.15) is 15.9 Å². The molecule has 0 radical (unpaired) electrons. The van der Waals surface area contributed by atoms with Gasteiger partial charge in [0.2, 0.25) is 17.0 Å². The van der Waals surface area contributed by atoms with Crippen molar-refractivity contribution < 1.29 is 9.72 Å². The number of carbonyl (C=O) groups excluding carboxylic acids is 1. The minimum Gasteiger partial charge on any atom is -0.366 e. The van der Waals surface area contributed by atoms with Gasteiger partial charge in [0.15, 0.2) is 0 Å². The van der Waals surface area contributed by atoms with Crippen LogP contribution in [-0.4, -0.2) is 20.8 Å². The Hall–Kier alpha value is -2.74. The molecule has 108 valence electrons. The number of primary amides is 1. The van der Waals surface area contributed by atoms with E-state index in [0.29, 0.717) is 11.1 Å². The van der Waals surface area contributed by atoms with Gasteiger partial charge in [0.1, 0.15) is 6.20 Å². The third-order valence-electron chi connectivity index (χ3n) is 2.67. The lowest BCUT2D eigenvalue weighted by molar-refractivity contribution is -0.384. The van der Waals surface area contributed by atoms with Crippen LogP contribution in [0.5, 0.6) is 0 Å². The second-order valence-corrected chi connectivity index (χ2v) is 4.34. The maximum absolute atomic E-state index is 11.3. The van der Waals surface area contributed by atoms with Crippen molar-refractivity contribution in [3.63, 3.8) is 0 Å². The number of nitrogens with one attached hydrogen (secondary N) is 1. The molecular formula is C12H10ClN5O3. The fourth-order valence-electron chi connectivity index (χ4n) is 1.71. The smallest absolute Gasteiger partial charge is 0.329 e. The van der Waals surface area contributed by atoms with E-state index in [1.807, 2.05) is 0 Å². The number of carbonyl (C=O) groups is 1. The monoisotopic (exact) mass is 307 g/mol. The number of anilines is 1. The minimum atomic E-state index is -0.626. The first-order valence-corrected chi connectivity index (χ1v) is 6.15. The van der Waals surface area contributed by atoms with Gasteiger partial charge in [-0.2, -0.15) is 4.98 Å². The van der Waals surface area contributed by atoms with Gasteiger partial charge in [-0.25, -0.2) is 4.98 Å². The molecular weight excluding hydrogens is 298 g/mol. The Labute approximate surface area is 124 Å². The van der Waals surface area contributed by atoms with Crippen LogP contribution in [-0.2, 0) is 6.54 Å². The fourth-order valence-corrected chi connectivity index (χ4v) is 1.84. The predicted octanol–water partition coefficient (Wildman–Crippen LogP) is 1.75. The molecule has 0 aliphatic rings. The second-order valence-electron chi connectivity index (χ2n) is 4.00. The summed E-state index contributed by atoms with van der Waals surface area (Å²) in [6.45, 7) is 0.132. The molecule has 0 atom stereocenters. The van der Waals surface area contributed by atoms with E-state index in [1.165, 1.54) is 0 Å². The molecule has 9 heteroatoms. The van der Waals surface area contributed by atoms with E-state index < -0.39 is 10.8 Å². The van der Waals surface area contributed by atoms with Crippen LogP contribution >= 0.6 is 11.6 Å². The van der Waals surface area contributed by atoms with Crippen molar-refractivity contribution in [2.45, 2.75) is 6.54 Å². The molecule has 0 unspecified atom stereocenters. The highest BCUT2D eigenvalue weighted by atomic mass is 35.5. The predicted molar refractivity (Wildman–Crippen MR) is 76.0 cm³/mol. The van der Waals surface area contributed by atoms with Crippen LogP contribution in [0.3, 0.4) is 0 Å². The summed E-state index contributed by atoms with van der Waals surface area (Å²) in [5.74, 6) is -0.609. The number of nitrogens with zero attached hydrogens (tertiary/aromatic N) is 3. The summed E-state index contributed by atoms with van der Waals surface area (Å²) >= 11 is 5.63. The summed E-state index contributed by atoms with van der Waals surface area (Å²) in [5.41, 5.74) is 5.87. The number of amides is 1.